The molecule has 2 rings (SSSR count). The molecule has 0 radical (unpaired) electrons. The second kappa shape index (κ2) is 12.2. The zero-order valence-electron chi connectivity index (χ0n) is 17.0. The van der Waals surface area contributed by atoms with Crippen LogP contribution in [0, 0.1) is 11.8 Å². The lowest BCUT2D eigenvalue weighted by Gasteiger charge is -2.29. The molecule has 0 aromatic heterocycles. The monoisotopic (exact) mass is 476 g/mol. The molecule has 1 amide bonds. The van der Waals surface area contributed by atoms with Crippen molar-refractivity contribution in [1.82, 2.24) is 5.32 Å². The number of aliphatic hydroxyl groups excluding tert-OH is 1. The maximum Gasteiger partial charge on any atom is 0.309 e. The van der Waals surface area contributed by atoms with Crippen molar-refractivity contribution in [2.45, 2.75) is 49.6 Å². The van der Waals surface area contributed by atoms with Crippen LogP contribution in [-0.2, 0) is 24.1 Å². The Labute approximate surface area is 190 Å². The fraction of sp³-hybridized carbons (Fsp3) is 0.550. The third kappa shape index (κ3) is 7.33. The van der Waals surface area contributed by atoms with Crippen molar-refractivity contribution in [3.8, 4) is 5.75 Å². The fourth-order valence-electron chi connectivity index (χ4n) is 3.64. The Kier molecular flexibility index (Phi) is 9.98. The highest BCUT2D eigenvalue weighted by Gasteiger charge is 2.36. The van der Waals surface area contributed by atoms with Crippen molar-refractivity contribution in [3.05, 3.63) is 29.8 Å². The quantitative estimate of drug-likeness (QED) is 0.202. The van der Waals surface area contributed by atoms with E-state index in [-0.39, 0.29) is 18.3 Å². The van der Waals surface area contributed by atoms with Gasteiger partial charge in [-0.1, -0.05) is 53.2 Å². The summed E-state index contributed by atoms with van der Waals surface area (Å²) in [7, 11) is 0. The van der Waals surface area contributed by atoms with Gasteiger partial charge in [0.15, 0.2) is 10.6 Å². The average molecular weight is 477 g/mol. The van der Waals surface area contributed by atoms with Gasteiger partial charge < -0.3 is 20.0 Å². The zero-order chi connectivity index (χ0) is 23.0. The van der Waals surface area contributed by atoms with E-state index in [1.807, 2.05) is 0 Å². The van der Waals surface area contributed by atoms with Gasteiger partial charge in [0.2, 0.25) is 0 Å². The molecule has 0 heterocycles. The van der Waals surface area contributed by atoms with Gasteiger partial charge in [0.25, 0.3) is 5.91 Å². The van der Waals surface area contributed by atoms with Crippen molar-refractivity contribution >= 4 is 40.9 Å². The number of alkyl halides is 2. The third-order valence-corrected chi connectivity index (χ3v) is 5.67. The maximum atomic E-state index is 12.6. The van der Waals surface area contributed by atoms with Crippen LogP contribution in [0.25, 0.3) is 0 Å². The topological polar surface area (TPSA) is 137 Å². The Bertz CT molecular complexity index is 760. The molecule has 4 N–H and O–H groups in total. The van der Waals surface area contributed by atoms with Crippen LogP contribution in [0.2, 0.25) is 0 Å². The molecular weight excluding hydrogens is 451 g/mol. The van der Waals surface area contributed by atoms with Crippen LogP contribution in [0.5, 0.6) is 5.75 Å². The number of nitrogens with two attached hydrogens (primary N) is 1. The highest BCUT2D eigenvalue weighted by molar-refractivity contribution is 6.53. The van der Waals surface area contributed by atoms with E-state index >= 15 is 0 Å². The second-order valence-corrected chi connectivity index (χ2v) is 8.44. The Hall–Kier alpha value is -1.91. The lowest BCUT2D eigenvalue weighted by Crippen LogP contribution is -2.45. The summed E-state index contributed by atoms with van der Waals surface area (Å²) in [5.74, 6) is 2.86. The lowest BCUT2D eigenvalue weighted by atomic mass is 9.77. The number of Topliss-reactive ketones (excluding diaryl/α,β-unsaturated/α-hetero) is 1. The van der Waals surface area contributed by atoms with Crippen LogP contribution < -0.4 is 16.1 Å². The van der Waals surface area contributed by atoms with Crippen molar-refractivity contribution in [3.63, 3.8) is 0 Å². The molecule has 1 saturated carbocycles. The molecule has 1 aliphatic rings. The number of nitrogens with one attached hydrogen (secondary N) is 1. The summed E-state index contributed by atoms with van der Waals surface area (Å²) < 4.78 is 5.40. The van der Waals surface area contributed by atoms with Crippen molar-refractivity contribution < 1.29 is 34.1 Å². The number of ether oxygens (including phenoxy) is 1. The normalized spacial score (nSPS) is 20.6. The van der Waals surface area contributed by atoms with E-state index in [2.05, 4.69) is 15.2 Å². The number of carbonyl (C=O) groups excluding carboxylic acids is 3. The molecule has 9 nitrogen and oxygen atoms in total. The van der Waals surface area contributed by atoms with Gasteiger partial charge in [0.05, 0.1) is 12.0 Å². The van der Waals surface area contributed by atoms with Crippen molar-refractivity contribution in [2.24, 2.45) is 17.7 Å². The number of esters is 1. The number of amides is 1. The molecule has 1 aromatic carbocycles. The first-order chi connectivity index (χ1) is 14.7. The molecule has 4 atom stereocenters. The second-order valence-electron chi connectivity index (χ2n) is 7.35. The lowest BCUT2D eigenvalue weighted by molar-refractivity contribution is -0.211. The van der Waals surface area contributed by atoms with E-state index in [0.717, 1.165) is 12.8 Å². The molecule has 0 bridgehead atoms. The summed E-state index contributed by atoms with van der Waals surface area (Å²) >= 11 is 11.2. The van der Waals surface area contributed by atoms with E-state index in [0.29, 0.717) is 24.2 Å². The number of hydrogen-bond donors (Lipinski definition) is 3. The van der Waals surface area contributed by atoms with Crippen LogP contribution in [-0.4, -0.2) is 40.3 Å². The standard InChI is InChI=1S/C20H26Cl2N2O7/c1-11(25)14-4-2-3-5-15(14)20(28)29-10-16(24-19(27)18(21)22)17(26)12-6-8-13(9-7-12)30-31-23/h6-9,14-18,26H,2-5,10,23H2,1H3,(H,24,27)/t14-,15+,16?,17?/m0/s1. The zero-order valence-corrected chi connectivity index (χ0v) is 18.5. The Morgan fingerprint density at radius 1 is 1.16 bits per heavy atom. The van der Waals surface area contributed by atoms with E-state index < -0.39 is 34.8 Å². The first-order valence-corrected chi connectivity index (χ1v) is 10.7. The van der Waals surface area contributed by atoms with Crippen LogP contribution in [0.3, 0.4) is 0 Å². The Balaban J connectivity index is 2.10. The molecule has 1 aromatic rings. The highest BCUT2D eigenvalue weighted by atomic mass is 35.5. The first-order valence-electron chi connectivity index (χ1n) is 9.81. The molecule has 172 valence electrons. The molecule has 1 aliphatic carbocycles. The summed E-state index contributed by atoms with van der Waals surface area (Å²) in [5.41, 5.74) is 0.394. The molecule has 31 heavy (non-hydrogen) atoms. The van der Waals surface area contributed by atoms with E-state index in [1.54, 1.807) is 0 Å². The number of rotatable bonds is 10. The first kappa shape index (κ1) is 25.4. The van der Waals surface area contributed by atoms with Crippen molar-refractivity contribution in [2.75, 3.05) is 6.61 Å². The molecule has 1 fully saturated rings. The maximum absolute atomic E-state index is 12.6. The minimum Gasteiger partial charge on any atom is -0.463 e. The summed E-state index contributed by atoms with van der Waals surface area (Å²) in [6.07, 6.45) is 1.64. The molecule has 0 aliphatic heterocycles. The van der Waals surface area contributed by atoms with Crippen LogP contribution in [0.4, 0.5) is 0 Å². The summed E-state index contributed by atoms with van der Waals surface area (Å²) in [4.78, 5) is 43.9. The predicted molar refractivity (Wildman–Crippen MR) is 112 cm³/mol. The fourth-order valence-corrected chi connectivity index (χ4v) is 3.77. The van der Waals surface area contributed by atoms with E-state index in [9.17, 15) is 19.5 Å². The molecule has 0 saturated heterocycles. The summed E-state index contributed by atoms with van der Waals surface area (Å²) in [5, 5.41) is 13.2. The number of benzene rings is 1. The van der Waals surface area contributed by atoms with E-state index in [1.165, 1.54) is 31.2 Å². The predicted octanol–water partition coefficient (Wildman–Crippen LogP) is 2.13. The number of halogens is 2. The van der Waals surface area contributed by atoms with Crippen molar-refractivity contribution in [1.29, 1.82) is 0 Å². The smallest absolute Gasteiger partial charge is 0.309 e. The summed E-state index contributed by atoms with van der Waals surface area (Å²) in [6.45, 7) is 1.13. The van der Waals surface area contributed by atoms with Gasteiger partial charge in [-0.25, -0.2) is 0 Å². The molecule has 11 heteroatoms. The molecular formula is C20H26Cl2N2O7. The minimum absolute atomic E-state index is 0.0533. The summed E-state index contributed by atoms with van der Waals surface area (Å²) in [6, 6.07) is 4.98. The van der Waals surface area contributed by atoms with Gasteiger partial charge in [0.1, 0.15) is 18.5 Å². The minimum atomic E-state index is -1.37. The Morgan fingerprint density at radius 3 is 2.32 bits per heavy atom. The average Bonchev–Trinajstić information content (AvgIpc) is 2.76. The SMILES string of the molecule is CC(=O)[C@@H]1CCCC[C@H]1C(=O)OCC(NC(=O)C(Cl)Cl)C(O)c1ccc(OON)cc1. The van der Waals surface area contributed by atoms with Gasteiger partial charge in [-0.15, -0.1) is 0 Å². The number of ketones is 1. The third-order valence-electron chi connectivity index (χ3n) is 5.27. The van der Waals surface area contributed by atoms with E-state index in [4.69, 9.17) is 33.8 Å². The van der Waals surface area contributed by atoms with Gasteiger partial charge in [-0.2, -0.15) is 5.90 Å². The molecule has 0 spiro atoms. The van der Waals surface area contributed by atoms with Gasteiger partial charge in [0, 0.05) is 5.92 Å². The number of aliphatic hydroxyl groups is 1. The van der Waals surface area contributed by atoms with Crippen LogP contribution in [0.15, 0.2) is 24.3 Å². The number of carbonyl (C=O) groups is 3. The van der Waals surface area contributed by atoms with Gasteiger partial charge >= 0.3 is 5.97 Å². The van der Waals surface area contributed by atoms with Crippen LogP contribution >= 0.6 is 23.2 Å². The van der Waals surface area contributed by atoms with Gasteiger partial charge in [-0.3, -0.25) is 14.4 Å². The van der Waals surface area contributed by atoms with Crippen LogP contribution in [0.1, 0.15) is 44.3 Å². The van der Waals surface area contributed by atoms with Gasteiger partial charge in [-0.05, 0) is 37.5 Å². The largest absolute Gasteiger partial charge is 0.463 e. The highest BCUT2D eigenvalue weighted by Crippen LogP contribution is 2.32. The Morgan fingerprint density at radius 2 is 1.77 bits per heavy atom. The number of hydrogen-bond acceptors (Lipinski definition) is 8. The molecule has 2 unspecified atom stereocenters.